The second-order valence-electron chi connectivity index (χ2n) is 13.2. The maximum atomic E-state index is 14.4. The molecule has 3 aromatic rings. The highest BCUT2D eigenvalue weighted by Gasteiger charge is 2.44. The molecule has 0 radical (unpaired) electrons. The zero-order chi connectivity index (χ0) is 30.9. The Morgan fingerprint density at radius 2 is 1.98 bits per heavy atom. The lowest BCUT2D eigenvalue weighted by Crippen LogP contribution is -2.54. The van der Waals surface area contributed by atoms with Crippen molar-refractivity contribution in [2.24, 2.45) is 28.2 Å². The first-order valence-electron chi connectivity index (χ1n) is 15.6. The topological polar surface area (TPSA) is 83.8 Å². The van der Waals surface area contributed by atoms with Crippen LogP contribution in [0.15, 0.2) is 52.5 Å². The number of halogens is 1. The van der Waals surface area contributed by atoms with Gasteiger partial charge >= 0.3 is 0 Å². The van der Waals surface area contributed by atoms with E-state index in [1.54, 1.807) is 23.0 Å². The number of guanidine groups is 1. The third-order valence-corrected chi connectivity index (χ3v) is 10.4. The number of ether oxygens (including phenoxy) is 1. The van der Waals surface area contributed by atoms with Gasteiger partial charge in [0.25, 0.3) is 5.56 Å². The van der Waals surface area contributed by atoms with Crippen LogP contribution in [0.2, 0.25) is 0 Å². The Hall–Kier alpha value is -3.46. The first kappa shape index (κ1) is 31.0. The zero-order valence-corrected chi connectivity index (χ0v) is 26.7. The number of aromatic nitrogens is 2. The maximum absolute atomic E-state index is 14.4. The molecule has 1 saturated carbocycles. The van der Waals surface area contributed by atoms with Crippen molar-refractivity contribution < 1.29 is 9.13 Å². The number of nitrogens with zero attached hydrogens (tertiary/aromatic N) is 4. The molecule has 2 aliphatic rings. The molecule has 1 aliphatic carbocycles. The van der Waals surface area contributed by atoms with Crippen LogP contribution in [0.5, 0.6) is 5.75 Å². The minimum Gasteiger partial charge on any atom is -0.497 e. The van der Waals surface area contributed by atoms with E-state index in [1.807, 2.05) is 18.2 Å². The summed E-state index contributed by atoms with van der Waals surface area (Å²) in [4.78, 5) is 25.7. The van der Waals surface area contributed by atoms with E-state index in [-0.39, 0.29) is 22.8 Å². The monoisotopic (exact) mass is 590 g/mol. The number of anilines is 1. The van der Waals surface area contributed by atoms with Crippen LogP contribution in [0.3, 0.4) is 0 Å². The van der Waals surface area contributed by atoms with Crippen molar-refractivity contribution in [1.82, 2.24) is 19.8 Å². The summed E-state index contributed by atoms with van der Waals surface area (Å²) < 4.78 is 21.1. The van der Waals surface area contributed by atoms with Gasteiger partial charge in [-0.15, -0.1) is 0 Å². The lowest BCUT2D eigenvalue weighted by atomic mass is 9.58. The van der Waals surface area contributed by atoms with Crippen LogP contribution < -0.4 is 20.9 Å². The van der Waals surface area contributed by atoms with Crippen molar-refractivity contribution in [2.75, 3.05) is 32.1 Å². The van der Waals surface area contributed by atoms with Crippen molar-refractivity contribution >= 4 is 22.5 Å². The Morgan fingerprint density at radius 3 is 2.70 bits per heavy atom. The largest absolute Gasteiger partial charge is 0.497 e. The number of methoxy groups -OCH3 is 1. The number of fused-ring (bicyclic) bond motifs is 1. The third kappa shape index (κ3) is 6.56. The van der Waals surface area contributed by atoms with Crippen molar-refractivity contribution in [3.8, 4) is 5.75 Å². The number of hydrogen-bond acceptors (Lipinski definition) is 5. The van der Waals surface area contributed by atoms with Crippen LogP contribution in [-0.4, -0.2) is 59.2 Å². The van der Waals surface area contributed by atoms with Crippen LogP contribution in [0.25, 0.3) is 10.9 Å². The molecule has 2 N–H and O–H groups in total. The normalized spacial score (nSPS) is 26.0. The van der Waals surface area contributed by atoms with E-state index >= 15 is 0 Å². The Morgan fingerprint density at radius 1 is 1.19 bits per heavy atom. The predicted octanol–water partition coefficient (Wildman–Crippen LogP) is 5.56. The molecule has 43 heavy (non-hydrogen) atoms. The number of nitrogens with one attached hydrogen (secondary N) is 2. The van der Waals surface area contributed by atoms with Gasteiger partial charge in [-0.25, -0.2) is 14.4 Å². The predicted molar refractivity (Wildman–Crippen MR) is 172 cm³/mol. The summed E-state index contributed by atoms with van der Waals surface area (Å²) in [7, 11) is 1.51. The van der Waals surface area contributed by atoms with Gasteiger partial charge in [-0.1, -0.05) is 40.7 Å². The number of rotatable bonds is 6. The molecule has 1 saturated heterocycles. The van der Waals surface area contributed by atoms with E-state index in [0.29, 0.717) is 59.0 Å². The standard InChI is InChI=1S/C34H47FN6O2/c1-21-16-30(23(3)24(4)34(21,5)6)39-33(40-15-13-36-22(2)19-40)38-26-9-11-28-31(17-26)37-20-41(32(28)42)14-12-25-8-10-27(43-7)18-29(25)35/h8-11,17-18,20-24,30,36H,12-16,19H2,1-7H3,(H,38,39)/t21-,22+,23+,24+,30?/m1/s1. The second kappa shape index (κ2) is 12.6. The minimum absolute atomic E-state index is 0.142. The lowest BCUT2D eigenvalue weighted by molar-refractivity contribution is 0.0266. The van der Waals surface area contributed by atoms with Gasteiger partial charge < -0.3 is 20.3 Å². The lowest BCUT2D eigenvalue weighted by Gasteiger charge is -2.49. The van der Waals surface area contributed by atoms with Crippen molar-refractivity contribution in [3.63, 3.8) is 0 Å². The Bertz CT molecular complexity index is 1540. The fourth-order valence-electron chi connectivity index (χ4n) is 6.61. The smallest absolute Gasteiger partial charge is 0.261 e. The fourth-order valence-corrected chi connectivity index (χ4v) is 6.61. The van der Waals surface area contributed by atoms with Gasteiger partial charge in [-0.05, 0) is 72.8 Å². The minimum atomic E-state index is -0.344. The molecule has 9 heteroatoms. The van der Waals surface area contributed by atoms with Crippen molar-refractivity contribution in [1.29, 1.82) is 0 Å². The van der Waals surface area contributed by atoms with Crippen LogP contribution in [0, 0.1) is 29.0 Å². The molecule has 0 amide bonds. The fraction of sp³-hybridized carbons (Fsp3) is 0.559. The molecule has 232 valence electrons. The van der Waals surface area contributed by atoms with Gasteiger partial charge in [-0.3, -0.25) is 9.36 Å². The van der Waals surface area contributed by atoms with Crippen LogP contribution >= 0.6 is 0 Å². The molecule has 5 atom stereocenters. The molecule has 2 fully saturated rings. The van der Waals surface area contributed by atoms with Crippen molar-refractivity contribution in [3.05, 3.63) is 64.5 Å². The number of benzene rings is 2. The van der Waals surface area contributed by atoms with Crippen LogP contribution in [0.4, 0.5) is 10.1 Å². The Balaban J connectivity index is 1.38. The number of piperazine rings is 1. The van der Waals surface area contributed by atoms with Gasteiger partial charge in [0.15, 0.2) is 5.96 Å². The van der Waals surface area contributed by atoms with Gasteiger partial charge in [-0.2, -0.15) is 0 Å². The van der Waals surface area contributed by atoms with E-state index in [9.17, 15) is 9.18 Å². The summed E-state index contributed by atoms with van der Waals surface area (Å²) in [5.41, 5.74) is 2.14. The molecule has 8 nitrogen and oxygen atoms in total. The van der Waals surface area contributed by atoms with E-state index < -0.39 is 0 Å². The molecule has 1 unspecified atom stereocenters. The van der Waals surface area contributed by atoms with Gasteiger partial charge in [0.2, 0.25) is 0 Å². The molecule has 0 spiro atoms. The highest BCUT2D eigenvalue weighted by atomic mass is 19.1. The van der Waals surface area contributed by atoms with Gasteiger partial charge in [0.1, 0.15) is 11.6 Å². The average molecular weight is 591 g/mol. The molecule has 1 aromatic heterocycles. The van der Waals surface area contributed by atoms with E-state index in [1.165, 1.54) is 13.2 Å². The summed E-state index contributed by atoms with van der Waals surface area (Å²) in [5, 5.41) is 7.69. The van der Waals surface area contributed by atoms with Crippen molar-refractivity contribution in [2.45, 2.75) is 73.0 Å². The van der Waals surface area contributed by atoms with Crippen LogP contribution in [-0.2, 0) is 13.0 Å². The average Bonchev–Trinajstić information content (AvgIpc) is 2.99. The summed E-state index contributed by atoms with van der Waals surface area (Å²) in [6.45, 7) is 17.0. The summed E-state index contributed by atoms with van der Waals surface area (Å²) in [6.07, 6.45) is 2.99. The highest BCUT2D eigenvalue weighted by Crippen LogP contribution is 2.48. The van der Waals surface area contributed by atoms with Crippen LogP contribution in [0.1, 0.15) is 53.5 Å². The summed E-state index contributed by atoms with van der Waals surface area (Å²) in [5.74, 6) is 2.61. The molecular weight excluding hydrogens is 543 g/mol. The quantitative estimate of drug-likeness (QED) is 0.289. The Kier molecular flexibility index (Phi) is 9.11. The second-order valence-corrected chi connectivity index (χ2v) is 13.2. The number of hydrogen-bond donors (Lipinski definition) is 2. The Labute approximate surface area is 254 Å². The van der Waals surface area contributed by atoms with E-state index in [2.05, 4.69) is 62.1 Å². The summed E-state index contributed by atoms with van der Waals surface area (Å²) in [6, 6.07) is 11.1. The van der Waals surface area contributed by atoms with Gasteiger partial charge in [0.05, 0.1) is 30.4 Å². The third-order valence-electron chi connectivity index (χ3n) is 10.4. The maximum Gasteiger partial charge on any atom is 0.261 e. The summed E-state index contributed by atoms with van der Waals surface area (Å²) >= 11 is 0. The highest BCUT2D eigenvalue weighted by molar-refractivity contribution is 5.96. The van der Waals surface area contributed by atoms with E-state index in [4.69, 9.17) is 9.73 Å². The first-order chi connectivity index (χ1) is 20.5. The number of aliphatic imine (C=N–C) groups is 1. The molecule has 2 aromatic carbocycles. The molecule has 2 heterocycles. The number of aryl methyl sites for hydroxylation is 2. The molecular formula is C34H47FN6O2. The zero-order valence-electron chi connectivity index (χ0n) is 26.7. The van der Waals surface area contributed by atoms with Gasteiger partial charge in [0, 0.05) is 44.0 Å². The SMILES string of the molecule is COc1ccc(CCn2cnc3cc(NC(=NC4C[C@@H](C)C(C)(C)[C@@H](C)[C@@H]4C)N4CCN[C@@H](C)C4)ccc3c2=O)c(F)c1. The molecule has 1 aliphatic heterocycles. The van der Waals surface area contributed by atoms with E-state index in [0.717, 1.165) is 37.7 Å². The molecule has 5 rings (SSSR count). The molecule has 0 bridgehead atoms. The first-order valence-corrected chi connectivity index (χ1v) is 15.6.